The van der Waals surface area contributed by atoms with E-state index >= 15 is 0 Å². The monoisotopic (exact) mass is 412 g/mol. The standard InChI is InChI=1S/C19H24O10/c1-23-16(21)15(17(22)24-2)28-14-12(20)19(25-3)27-11-9-26-18(29-13(11)14)10-7-5-4-6-8-10/h4-8,11-15,18-20H,9H2,1-3H3/t11-,12-,13+,14-,18?,19+/m1/s1. The van der Waals surface area contributed by atoms with E-state index in [-0.39, 0.29) is 6.61 Å². The summed E-state index contributed by atoms with van der Waals surface area (Å²) >= 11 is 0. The molecule has 160 valence electrons. The van der Waals surface area contributed by atoms with Crippen molar-refractivity contribution in [2.75, 3.05) is 27.9 Å². The first-order chi connectivity index (χ1) is 14.0. The summed E-state index contributed by atoms with van der Waals surface area (Å²) in [5.74, 6) is -1.93. The molecule has 29 heavy (non-hydrogen) atoms. The van der Waals surface area contributed by atoms with E-state index < -0.39 is 55.0 Å². The van der Waals surface area contributed by atoms with Gasteiger partial charge < -0.3 is 38.3 Å². The van der Waals surface area contributed by atoms with Crippen LogP contribution in [-0.2, 0) is 42.7 Å². The molecule has 0 spiro atoms. The molecule has 2 fully saturated rings. The molecule has 6 atom stereocenters. The number of hydrogen-bond acceptors (Lipinski definition) is 10. The van der Waals surface area contributed by atoms with Crippen LogP contribution in [0.4, 0.5) is 0 Å². The van der Waals surface area contributed by atoms with E-state index in [4.69, 9.17) is 23.7 Å². The minimum Gasteiger partial charge on any atom is -0.467 e. The van der Waals surface area contributed by atoms with Gasteiger partial charge >= 0.3 is 11.9 Å². The molecule has 0 aliphatic carbocycles. The van der Waals surface area contributed by atoms with Gasteiger partial charge in [0.25, 0.3) is 6.10 Å². The highest BCUT2D eigenvalue weighted by molar-refractivity contribution is 5.97. The number of benzene rings is 1. The Bertz CT molecular complexity index is 679. The number of fused-ring (bicyclic) bond motifs is 1. The molecule has 2 aliphatic heterocycles. The highest BCUT2D eigenvalue weighted by Gasteiger charge is 2.52. The lowest BCUT2D eigenvalue weighted by Gasteiger charge is -2.47. The lowest BCUT2D eigenvalue weighted by molar-refractivity contribution is -0.364. The van der Waals surface area contributed by atoms with Crippen LogP contribution in [0.3, 0.4) is 0 Å². The molecule has 2 saturated heterocycles. The van der Waals surface area contributed by atoms with E-state index in [0.29, 0.717) is 0 Å². The zero-order valence-electron chi connectivity index (χ0n) is 16.3. The van der Waals surface area contributed by atoms with Gasteiger partial charge in [0, 0.05) is 12.7 Å². The van der Waals surface area contributed by atoms with E-state index in [1.807, 2.05) is 30.3 Å². The van der Waals surface area contributed by atoms with E-state index in [0.717, 1.165) is 19.8 Å². The average Bonchev–Trinajstić information content (AvgIpc) is 2.77. The fourth-order valence-electron chi connectivity index (χ4n) is 3.27. The molecule has 3 rings (SSSR count). The first kappa shape index (κ1) is 21.6. The number of hydrogen-bond donors (Lipinski definition) is 1. The molecule has 2 aliphatic rings. The lowest BCUT2D eigenvalue weighted by Crippen LogP contribution is -2.64. The lowest BCUT2D eigenvalue weighted by atomic mass is 9.97. The summed E-state index contributed by atoms with van der Waals surface area (Å²) in [6, 6.07) is 9.17. The van der Waals surface area contributed by atoms with E-state index in [2.05, 4.69) is 9.47 Å². The Morgan fingerprint density at radius 3 is 2.31 bits per heavy atom. The van der Waals surface area contributed by atoms with Crippen LogP contribution in [0.15, 0.2) is 30.3 Å². The summed E-state index contributed by atoms with van der Waals surface area (Å²) in [5.41, 5.74) is 0.755. The zero-order chi connectivity index (χ0) is 21.0. The fourth-order valence-corrected chi connectivity index (χ4v) is 3.27. The summed E-state index contributed by atoms with van der Waals surface area (Å²) in [6.07, 6.45) is -7.55. The van der Waals surface area contributed by atoms with Crippen molar-refractivity contribution in [2.24, 2.45) is 0 Å². The minimum atomic E-state index is -1.71. The van der Waals surface area contributed by atoms with Gasteiger partial charge in [-0.1, -0.05) is 30.3 Å². The summed E-state index contributed by atoms with van der Waals surface area (Å²) < 4.78 is 37.4. The third-order valence-electron chi connectivity index (χ3n) is 4.73. The van der Waals surface area contributed by atoms with Crippen molar-refractivity contribution in [1.29, 1.82) is 0 Å². The summed E-state index contributed by atoms with van der Waals surface area (Å²) in [6.45, 7) is 0.123. The first-order valence-electron chi connectivity index (χ1n) is 8.99. The molecule has 0 amide bonds. The van der Waals surface area contributed by atoms with Gasteiger partial charge in [0.2, 0.25) is 0 Å². The molecular weight excluding hydrogens is 388 g/mol. The van der Waals surface area contributed by atoms with E-state index in [9.17, 15) is 14.7 Å². The third kappa shape index (κ3) is 4.58. The Balaban J connectivity index is 1.86. The van der Waals surface area contributed by atoms with Gasteiger partial charge in [0.05, 0.1) is 20.8 Å². The number of esters is 2. The molecule has 1 aromatic rings. The number of aliphatic hydroxyl groups excluding tert-OH is 1. The molecule has 0 saturated carbocycles. The molecule has 1 N–H and O–H groups in total. The second kappa shape index (κ2) is 9.61. The quantitative estimate of drug-likeness (QED) is 0.502. The number of carbonyl (C=O) groups is 2. The number of rotatable bonds is 6. The van der Waals surface area contributed by atoms with Gasteiger partial charge in [-0.3, -0.25) is 0 Å². The Hall–Kier alpha value is -2.08. The zero-order valence-corrected chi connectivity index (χ0v) is 16.3. The van der Waals surface area contributed by atoms with Crippen LogP contribution in [0.2, 0.25) is 0 Å². The van der Waals surface area contributed by atoms with Gasteiger partial charge in [-0.25, -0.2) is 9.59 Å². The van der Waals surface area contributed by atoms with Gasteiger partial charge in [0.15, 0.2) is 12.6 Å². The second-order valence-electron chi connectivity index (χ2n) is 6.47. The Kier molecular flexibility index (Phi) is 7.17. The Labute approximate surface area is 167 Å². The maximum atomic E-state index is 12.0. The summed E-state index contributed by atoms with van der Waals surface area (Å²) in [5, 5.41) is 10.7. The molecule has 10 heteroatoms. The van der Waals surface area contributed by atoms with Crippen molar-refractivity contribution in [1.82, 2.24) is 0 Å². The van der Waals surface area contributed by atoms with Gasteiger partial charge in [-0.05, 0) is 0 Å². The molecular formula is C19H24O10. The van der Waals surface area contributed by atoms with Crippen molar-refractivity contribution >= 4 is 11.9 Å². The maximum Gasteiger partial charge on any atom is 0.346 e. The van der Waals surface area contributed by atoms with E-state index in [1.54, 1.807) is 0 Å². The Morgan fingerprint density at radius 1 is 1.07 bits per heavy atom. The molecule has 1 unspecified atom stereocenters. The van der Waals surface area contributed by atoms with Crippen LogP contribution >= 0.6 is 0 Å². The smallest absolute Gasteiger partial charge is 0.346 e. The number of carbonyl (C=O) groups excluding carboxylic acids is 2. The van der Waals surface area contributed by atoms with Crippen molar-refractivity contribution in [3.05, 3.63) is 35.9 Å². The van der Waals surface area contributed by atoms with Gasteiger partial charge in [0.1, 0.15) is 24.4 Å². The van der Waals surface area contributed by atoms with Crippen LogP contribution in [-0.4, -0.2) is 81.8 Å². The highest BCUT2D eigenvalue weighted by Crippen LogP contribution is 2.36. The topological polar surface area (TPSA) is 119 Å². The van der Waals surface area contributed by atoms with Crippen molar-refractivity contribution < 1.29 is 47.9 Å². The molecule has 1 aromatic carbocycles. The molecule has 0 bridgehead atoms. The SMILES string of the molecule is COC(=O)C(O[C@@H]1[C@@H](O)[C@@H](OC)O[C@@H]2COC(c3ccccc3)O[C@H]12)C(=O)OC. The van der Waals surface area contributed by atoms with Crippen molar-refractivity contribution in [3.8, 4) is 0 Å². The highest BCUT2D eigenvalue weighted by atomic mass is 16.8. The van der Waals surface area contributed by atoms with Crippen molar-refractivity contribution in [2.45, 2.75) is 43.1 Å². The number of aliphatic hydroxyl groups is 1. The summed E-state index contributed by atoms with van der Waals surface area (Å²) in [7, 11) is 3.57. The predicted molar refractivity (Wildman–Crippen MR) is 94.4 cm³/mol. The third-order valence-corrected chi connectivity index (χ3v) is 4.73. The molecule has 0 aromatic heterocycles. The number of ether oxygens (including phenoxy) is 7. The van der Waals surface area contributed by atoms with Crippen LogP contribution in [0, 0.1) is 0 Å². The second-order valence-corrected chi connectivity index (χ2v) is 6.47. The fraction of sp³-hybridized carbons (Fsp3) is 0.579. The largest absolute Gasteiger partial charge is 0.467 e. The molecule has 0 radical (unpaired) electrons. The van der Waals surface area contributed by atoms with Crippen LogP contribution < -0.4 is 0 Å². The molecule has 2 heterocycles. The van der Waals surface area contributed by atoms with Gasteiger partial charge in [-0.15, -0.1) is 0 Å². The average molecular weight is 412 g/mol. The summed E-state index contributed by atoms with van der Waals surface area (Å²) in [4.78, 5) is 24.1. The first-order valence-corrected chi connectivity index (χ1v) is 8.99. The van der Waals surface area contributed by atoms with Crippen LogP contribution in [0.1, 0.15) is 11.9 Å². The van der Waals surface area contributed by atoms with Gasteiger partial charge in [-0.2, -0.15) is 0 Å². The van der Waals surface area contributed by atoms with Crippen LogP contribution in [0.5, 0.6) is 0 Å². The predicted octanol–water partition coefficient (Wildman–Crippen LogP) is -0.0674. The maximum absolute atomic E-state index is 12.0. The van der Waals surface area contributed by atoms with E-state index in [1.165, 1.54) is 7.11 Å². The van der Waals surface area contributed by atoms with Crippen LogP contribution in [0.25, 0.3) is 0 Å². The normalized spacial score (nSPS) is 31.8. The Morgan fingerprint density at radius 2 is 1.72 bits per heavy atom. The minimum absolute atomic E-state index is 0.123. The number of methoxy groups -OCH3 is 3. The molecule has 10 nitrogen and oxygen atoms in total. The van der Waals surface area contributed by atoms with Crippen molar-refractivity contribution in [3.63, 3.8) is 0 Å².